The first kappa shape index (κ1) is 17.2. The van der Waals surface area contributed by atoms with Crippen molar-refractivity contribution in [2.45, 2.75) is 19.8 Å². The van der Waals surface area contributed by atoms with Gasteiger partial charge >= 0.3 is 0 Å². The van der Waals surface area contributed by atoms with Gasteiger partial charge in [-0.15, -0.1) is 0 Å². The van der Waals surface area contributed by atoms with E-state index in [1.807, 2.05) is 9.80 Å². The van der Waals surface area contributed by atoms with Gasteiger partial charge < -0.3 is 14.5 Å². The van der Waals surface area contributed by atoms with Crippen LogP contribution in [0, 0.1) is 5.41 Å². The molecule has 5 nitrogen and oxygen atoms in total. The van der Waals surface area contributed by atoms with Crippen molar-refractivity contribution in [1.29, 1.82) is 0 Å². The summed E-state index contributed by atoms with van der Waals surface area (Å²) in [5.74, 6) is 0.114. The van der Waals surface area contributed by atoms with Gasteiger partial charge in [0.15, 0.2) is 0 Å². The van der Waals surface area contributed by atoms with E-state index in [0.717, 1.165) is 19.4 Å². The highest BCUT2D eigenvalue weighted by atomic mass is 35.5. The molecule has 2 aliphatic heterocycles. The number of rotatable bonds is 1. The van der Waals surface area contributed by atoms with Crippen molar-refractivity contribution in [3.63, 3.8) is 0 Å². The molecule has 0 aromatic heterocycles. The molecule has 130 valence electrons. The predicted molar refractivity (Wildman–Crippen MR) is 92.1 cm³/mol. The van der Waals surface area contributed by atoms with Crippen molar-refractivity contribution in [3.8, 4) is 0 Å². The van der Waals surface area contributed by atoms with E-state index >= 15 is 0 Å². The third-order valence-corrected chi connectivity index (χ3v) is 5.30. The molecule has 0 unspecified atom stereocenters. The van der Waals surface area contributed by atoms with Crippen LogP contribution in [0.3, 0.4) is 0 Å². The molecule has 2 heterocycles. The first-order chi connectivity index (χ1) is 11.5. The van der Waals surface area contributed by atoms with Crippen LogP contribution >= 0.6 is 11.6 Å². The van der Waals surface area contributed by atoms with Crippen LogP contribution in [0.5, 0.6) is 0 Å². The molecule has 24 heavy (non-hydrogen) atoms. The topological polar surface area (TPSA) is 49.9 Å². The fourth-order valence-electron chi connectivity index (χ4n) is 3.55. The van der Waals surface area contributed by atoms with Gasteiger partial charge in [-0.25, -0.2) is 0 Å². The van der Waals surface area contributed by atoms with E-state index in [1.54, 1.807) is 31.2 Å². The summed E-state index contributed by atoms with van der Waals surface area (Å²) in [5.41, 5.74) is 0.591. The zero-order chi connectivity index (χ0) is 17.2. The molecule has 1 aromatic rings. The smallest absolute Gasteiger partial charge is 0.253 e. The normalized spacial score (nSPS) is 20.8. The average Bonchev–Trinajstić information content (AvgIpc) is 2.78. The van der Waals surface area contributed by atoms with Crippen LogP contribution in [0.1, 0.15) is 30.1 Å². The lowest BCUT2D eigenvalue weighted by Crippen LogP contribution is -2.49. The van der Waals surface area contributed by atoms with Crippen molar-refractivity contribution < 1.29 is 14.3 Å². The maximum Gasteiger partial charge on any atom is 0.253 e. The van der Waals surface area contributed by atoms with E-state index in [2.05, 4.69) is 0 Å². The number of piperidine rings is 1. The first-order valence-corrected chi connectivity index (χ1v) is 8.75. The fourth-order valence-corrected chi connectivity index (χ4v) is 3.74. The lowest BCUT2D eigenvalue weighted by Gasteiger charge is -2.42. The van der Waals surface area contributed by atoms with Crippen LogP contribution in [0.25, 0.3) is 0 Å². The van der Waals surface area contributed by atoms with E-state index in [0.29, 0.717) is 43.4 Å². The Bertz CT molecular complexity index is 626. The van der Waals surface area contributed by atoms with Gasteiger partial charge in [0.1, 0.15) is 0 Å². The fraction of sp³-hybridized carbons (Fsp3) is 0.556. The summed E-state index contributed by atoms with van der Waals surface area (Å²) < 4.78 is 5.75. The largest absolute Gasteiger partial charge is 0.379 e. The third-order valence-electron chi connectivity index (χ3n) is 5.07. The molecule has 2 amide bonds. The lowest BCUT2D eigenvalue weighted by molar-refractivity contribution is -0.130. The average molecular weight is 351 g/mol. The lowest BCUT2D eigenvalue weighted by atomic mass is 9.78. The zero-order valence-electron chi connectivity index (χ0n) is 14.0. The molecular formula is C18H23ClN2O3. The van der Waals surface area contributed by atoms with E-state index < -0.39 is 0 Å². The van der Waals surface area contributed by atoms with Crippen molar-refractivity contribution in [3.05, 3.63) is 34.9 Å². The van der Waals surface area contributed by atoms with Gasteiger partial charge in [0.25, 0.3) is 5.91 Å². The second-order valence-corrected chi connectivity index (χ2v) is 7.23. The molecule has 2 fully saturated rings. The van der Waals surface area contributed by atoms with Gasteiger partial charge in [-0.05, 0) is 31.0 Å². The molecule has 2 saturated heterocycles. The molecule has 0 radical (unpaired) electrons. The van der Waals surface area contributed by atoms with Crippen molar-refractivity contribution in [1.82, 2.24) is 9.80 Å². The van der Waals surface area contributed by atoms with E-state index in [9.17, 15) is 9.59 Å². The quantitative estimate of drug-likeness (QED) is 0.781. The van der Waals surface area contributed by atoms with Crippen molar-refractivity contribution >= 4 is 23.4 Å². The van der Waals surface area contributed by atoms with Crippen molar-refractivity contribution in [2.75, 3.05) is 39.4 Å². The Balaban J connectivity index is 1.66. The molecule has 1 aromatic carbocycles. The second kappa shape index (κ2) is 7.11. The van der Waals surface area contributed by atoms with E-state index in [1.165, 1.54) is 0 Å². The standard InChI is InChI=1S/C18H23ClN2O3/c1-14(22)21-9-10-24-13-18(12-21)5-7-20(8-6-18)17(23)15-3-2-4-16(19)11-15/h2-4,11H,5-10,12-13H2,1H3. The molecule has 0 bridgehead atoms. The van der Waals surface area contributed by atoms with Crippen LogP contribution in [-0.4, -0.2) is 61.0 Å². The molecule has 0 saturated carbocycles. The Labute approximate surface area is 147 Å². The highest BCUT2D eigenvalue weighted by Gasteiger charge is 2.39. The molecule has 0 N–H and O–H groups in total. The number of nitrogens with zero attached hydrogens (tertiary/aromatic N) is 2. The van der Waals surface area contributed by atoms with Crippen molar-refractivity contribution in [2.24, 2.45) is 5.41 Å². The van der Waals surface area contributed by atoms with Gasteiger partial charge in [0.2, 0.25) is 5.91 Å². The predicted octanol–water partition coefficient (Wildman–Crippen LogP) is 2.44. The summed E-state index contributed by atoms with van der Waals surface area (Å²) in [5, 5.41) is 0.573. The monoisotopic (exact) mass is 350 g/mol. The maximum absolute atomic E-state index is 12.6. The number of halogens is 1. The Morgan fingerprint density at radius 1 is 1.17 bits per heavy atom. The van der Waals surface area contributed by atoms with Gasteiger partial charge in [0.05, 0.1) is 13.2 Å². The summed E-state index contributed by atoms with van der Waals surface area (Å²) in [6.45, 7) is 5.60. The number of amides is 2. The first-order valence-electron chi connectivity index (χ1n) is 8.37. The molecule has 0 atom stereocenters. The summed E-state index contributed by atoms with van der Waals surface area (Å²) in [6, 6.07) is 7.07. The van der Waals surface area contributed by atoms with Crippen LogP contribution < -0.4 is 0 Å². The minimum atomic E-state index is -0.0344. The number of ether oxygens (including phenoxy) is 1. The highest BCUT2D eigenvalue weighted by molar-refractivity contribution is 6.30. The van der Waals surface area contributed by atoms with Gasteiger partial charge in [0, 0.05) is 49.1 Å². The Kier molecular flexibility index (Phi) is 5.11. The summed E-state index contributed by atoms with van der Waals surface area (Å²) in [4.78, 5) is 28.1. The second-order valence-electron chi connectivity index (χ2n) is 6.80. The molecular weight excluding hydrogens is 328 g/mol. The van der Waals surface area contributed by atoms with Crippen LogP contribution in [-0.2, 0) is 9.53 Å². The molecule has 2 aliphatic rings. The minimum Gasteiger partial charge on any atom is -0.379 e. The summed E-state index contributed by atoms with van der Waals surface area (Å²) in [7, 11) is 0. The Hall–Kier alpha value is -1.59. The number of carbonyl (C=O) groups excluding carboxylic acids is 2. The van der Waals surface area contributed by atoms with Gasteiger partial charge in [-0.3, -0.25) is 9.59 Å². The van der Waals surface area contributed by atoms with Gasteiger partial charge in [-0.2, -0.15) is 0 Å². The van der Waals surface area contributed by atoms with Crippen LogP contribution in [0.4, 0.5) is 0 Å². The van der Waals surface area contributed by atoms with E-state index in [-0.39, 0.29) is 17.2 Å². The summed E-state index contributed by atoms with van der Waals surface area (Å²) in [6.07, 6.45) is 1.70. The number of likely N-dealkylation sites (tertiary alicyclic amines) is 1. The SMILES string of the molecule is CC(=O)N1CCOCC2(CCN(C(=O)c3cccc(Cl)c3)CC2)C1. The zero-order valence-corrected chi connectivity index (χ0v) is 14.7. The van der Waals surface area contributed by atoms with Crippen LogP contribution in [0.15, 0.2) is 24.3 Å². The third kappa shape index (κ3) is 3.73. The summed E-state index contributed by atoms with van der Waals surface area (Å²) >= 11 is 5.98. The minimum absolute atomic E-state index is 0.0188. The Morgan fingerprint density at radius 3 is 2.58 bits per heavy atom. The Morgan fingerprint density at radius 2 is 1.92 bits per heavy atom. The number of benzene rings is 1. The molecule has 0 aliphatic carbocycles. The van der Waals surface area contributed by atoms with E-state index in [4.69, 9.17) is 16.3 Å². The number of hydrogen-bond donors (Lipinski definition) is 0. The van der Waals surface area contributed by atoms with Crippen LogP contribution in [0.2, 0.25) is 5.02 Å². The molecule has 6 heteroatoms. The molecule has 3 rings (SSSR count). The highest BCUT2D eigenvalue weighted by Crippen LogP contribution is 2.35. The number of carbonyl (C=O) groups is 2. The maximum atomic E-state index is 12.6. The van der Waals surface area contributed by atoms with Gasteiger partial charge in [-0.1, -0.05) is 17.7 Å². The number of hydrogen-bond acceptors (Lipinski definition) is 3. The molecule has 1 spiro atoms.